The molecular weight excluding hydrogens is 379 g/mol. The number of nitrogens with one attached hydrogen (secondary N) is 1. The molecule has 2 fully saturated rings. The van der Waals surface area contributed by atoms with E-state index in [4.69, 9.17) is 4.74 Å². The lowest BCUT2D eigenvalue weighted by molar-refractivity contribution is -0.0354. The fourth-order valence-electron chi connectivity index (χ4n) is 3.53. The second-order valence-electron chi connectivity index (χ2n) is 6.18. The number of guanidine groups is 1. The first kappa shape index (κ1) is 19.0. The third-order valence-corrected chi connectivity index (χ3v) is 4.68. The maximum atomic E-state index is 5.53. The Balaban J connectivity index is 0.00000220. The molecule has 0 aromatic heterocycles. The largest absolute Gasteiger partial charge is 0.379 e. The molecule has 0 radical (unpaired) electrons. The molecule has 0 unspecified atom stereocenters. The lowest BCUT2D eigenvalue weighted by Crippen LogP contribution is -2.60. The number of rotatable bonds is 3. The highest BCUT2D eigenvalue weighted by Gasteiger charge is 2.38. The van der Waals surface area contributed by atoms with Crippen LogP contribution in [0.25, 0.3) is 0 Å². The topological polar surface area (TPSA) is 40.1 Å². The second kappa shape index (κ2) is 9.15. The third-order valence-electron chi connectivity index (χ3n) is 4.68. The van der Waals surface area contributed by atoms with Crippen molar-refractivity contribution in [2.24, 2.45) is 4.99 Å². The molecule has 1 aliphatic heterocycles. The lowest BCUT2D eigenvalue weighted by Gasteiger charge is -2.48. The molecule has 0 aromatic rings. The van der Waals surface area contributed by atoms with E-state index in [9.17, 15) is 0 Å². The summed E-state index contributed by atoms with van der Waals surface area (Å²) in [5, 5.41) is 3.57. The Morgan fingerprint density at radius 3 is 2.33 bits per heavy atom. The molecule has 0 aromatic carbocycles. The molecule has 0 spiro atoms. The smallest absolute Gasteiger partial charge is 0.193 e. The first-order valence-electron chi connectivity index (χ1n) is 7.89. The number of hydrogen-bond acceptors (Lipinski definition) is 3. The minimum atomic E-state index is 0. The Hall–Kier alpha value is -0.0800. The quantitative estimate of drug-likeness (QED) is 0.438. The molecule has 2 aliphatic rings. The van der Waals surface area contributed by atoms with E-state index in [0.717, 1.165) is 38.8 Å². The average molecular weight is 410 g/mol. The minimum absolute atomic E-state index is 0. The van der Waals surface area contributed by atoms with Gasteiger partial charge in [0.15, 0.2) is 5.96 Å². The van der Waals surface area contributed by atoms with E-state index >= 15 is 0 Å². The van der Waals surface area contributed by atoms with Crippen LogP contribution in [-0.2, 0) is 4.74 Å². The van der Waals surface area contributed by atoms with Gasteiger partial charge in [-0.1, -0.05) is 19.3 Å². The van der Waals surface area contributed by atoms with Crippen molar-refractivity contribution in [2.75, 3.05) is 54.0 Å². The fourth-order valence-corrected chi connectivity index (χ4v) is 3.53. The summed E-state index contributed by atoms with van der Waals surface area (Å²) in [6, 6.07) is 0. The standard InChI is InChI=1S/C15H30N4O.HI/c1-16-14(18(2)3)17-13-15(7-5-4-6-8-15)19-9-11-20-12-10-19;/h4-13H2,1-3H3,(H,16,17);1H. The van der Waals surface area contributed by atoms with Gasteiger partial charge in [0.1, 0.15) is 0 Å². The van der Waals surface area contributed by atoms with E-state index in [1.54, 1.807) is 0 Å². The molecule has 5 nitrogen and oxygen atoms in total. The van der Waals surface area contributed by atoms with Gasteiger partial charge >= 0.3 is 0 Å². The van der Waals surface area contributed by atoms with Crippen LogP contribution in [0.4, 0.5) is 0 Å². The highest BCUT2D eigenvalue weighted by atomic mass is 127. The maximum absolute atomic E-state index is 5.53. The Bertz CT molecular complexity index is 324. The molecule has 1 aliphatic carbocycles. The summed E-state index contributed by atoms with van der Waals surface area (Å²) in [5.41, 5.74) is 0.300. The van der Waals surface area contributed by atoms with Crippen LogP contribution < -0.4 is 5.32 Å². The first-order chi connectivity index (χ1) is 9.68. The van der Waals surface area contributed by atoms with Crippen LogP contribution in [0.2, 0.25) is 0 Å². The molecule has 6 heteroatoms. The second-order valence-corrected chi connectivity index (χ2v) is 6.18. The number of aliphatic imine (C=N–C) groups is 1. The monoisotopic (exact) mass is 410 g/mol. The van der Waals surface area contributed by atoms with E-state index in [0.29, 0.717) is 5.54 Å². The Kier molecular flexibility index (Phi) is 8.26. The van der Waals surface area contributed by atoms with Gasteiger partial charge in [0.2, 0.25) is 0 Å². The van der Waals surface area contributed by atoms with Crippen molar-refractivity contribution in [3.63, 3.8) is 0 Å². The predicted molar refractivity (Wildman–Crippen MR) is 98.7 cm³/mol. The van der Waals surface area contributed by atoms with Gasteiger partial charge in [0.25, 0.3) is 0 Å². The van der Waals surface area contributed by atoms with E-state index in [2.05, 4.69) is 20.1 Å². The normalized spacial score (nSPS) is 23.3. The van der Waals surface area contributed by atoms with E-state index < -0.39 is 0 Å². The summed E-state index contributed by atoms with van der Waals surface area (Å²) < 4.78 is 5.53. The number of nitrogens with zero attached hydrogens (tertiary/aromatic N) is 3. The van der Waals surface area contributed by atoms with E-state index in [1.165, 1.54) is 32.1 Å². The number of hydrogen-bond donors (Lipinski definition) is 1. The van der Waals surface area contributed by atoms with Crippen molar-refractivity contribution in [3.8, 4) is 0 Å². The Morgan fingerprint density at radius 1 is 1.19 bits per heavy atom. The van der Waals surface area contributed by atoms with Crippen LogP contribution in [0, 0.1) is 0 Å². The van der Waals surface area contributed by atoms with Gasteiger partial charge in [0, 0.05) is 46.3 Å². The predicted octanol–water partition coefficient (Wildman–Crippen LogP) is 1.78. The van der Waals surface area contributed by atoms with Gasteiger partial charge < -0.3 is 15.0 Å². The Morgan fingerprint density at radius 2 is 1.81 bits per heavy atom. The van der Waals surface area contributed by atoms with Crippen LogP contribution in [0.5, 0.6) is 0 Å². The van der Waals surface area contributed by atoms with Crippen LogP contribution in [-0.4, -0.2) is 75.3 Å². The molecular formula is C15H31IN4O. The SMILES string of the molecule is CN=C(NCC1(N2CCOCC2)CCCCC1)N(C)C.I. The Labute approximate surface area is 146 Å². The van der Waals surface area contributed by atoms with Crippen LogP contribution in [0.15, 0.2) is 4.99 Å². The average Bonchev–Trinajstić information content (AvgIpc) is 2.49. The molecule has 1 saturated carbocycles. The lowest BCUT2D eigenvalue weighted by atomic mass is 9.80. The van der Waals surface area contributed by atoms with Gasteiger partial charge in [0.05, 0.1) is 13.2 Å². The maximum Gasteiger partial charge on any atom is 0.193 e. The molecule has 2 rings (SSSR count). The fraction of sp³-hybridized carbons (Fsp3) is 0.933. The zero-order valence-electron chi connectivity index (χ0n) is 13.7. The van der Waals surface area contributed by atoms with Crippen LogP contribution in [0.3, 0.4) is 0 Å². The summed E-state index contributed by atoms with van der Waals surface area (Å²) >= 11 is 0. The highest BCUT2D eigenvalue weighted by Crippen LogP contribution is 2.33. The summed E-state index contributed by atoms with van der Waals surface area (Å²) in [5.74, 6) is 0.975. The van der Waals surface area contributed by atoms with E-state index in [1.807, 2.05) is 21.1 Å². The van der Waals surface area contributed by atoms with Crippen molar-refractivity contribution < 1.29 is 4.74 Å². The highest BCUT2D eigenvalue weighted by molar-refractivity contribution is 14.0. The zero-order chi connectivity index (χ0) is 14.4. The van der Waals surface area contributed by atoms with Gasteiger partial charge in [-0.05, 0) is 12.8 Å². The van der Waals surface area contributed by atoms with Crippen molar-refractivity contribution in [3.05, 3.63) is 0 Å². The van der Waals surface area contributed by atoms with Crippen LogP contribution in [0.1, 0.15) is 32.1 Å². The van der Waals surface area contributed by atoms with Gasteiger partial charge in [-0.3, -0.25) is 9.89 Å². The third kappa shape index (κ3) is 4.96. The van der Waals surface area contributed by atoms with Crippen molar-refractivity contribution in [1.82, 2.24) is 15.1 Å². The van der Waals surface area contributed by atoms with Gasteiger partial charge in [-0.15, -0.1) is 24.0 Å². The van der Waals surface area contributed by atoms with Gasteiger partial charge in [-0.2, -0.15) is 0 Å². The zero-order valence-corrected chi connectivity index (χ0v) is 16.1. The summed E-state index contributed by atoms with van der Waals surface area (Å²) in [4.78, 5) is 9.05. The van der Waals surface area contributed by atoms with Crippen molar-refractivity contribution in [2.45, 2.75) is 37.6 Å². The first-order valence-corrected chi connectivity index (χ1v) is 7.89. The summed E-state index contributed by atoms with van der Waals surface area (Å²) in [6.45, 7) is 4.90. The van der Waals surface area contributed by atoms with E-state index in [-0.39, 0.29) is 24.0 Å². The number of halogens is 1. The molecule has 0 atom stereocenters. The number of morpholine rings is 1. The molecule has 0 amide bonds. The molecule has 1 heterocycles. The van der Waals surface area contributed by atoms with Gasteiger partial charge in [-0.25, -0.2) is 0 Å². The van der Waals surface area contributed by atoms with Crippen molar-refractivity contribution >= 4 is 29.9 Å². The number of ether oxygens (including phenoxy) is 1. The minimum Gasteiger partial charge on any atom is -0.379 e. The molecule has 0 bridgehead atoms. The summed E-state index contributed by atoms with van der Waals surface area (Å²) in [7, 11) is 5.93. The molecule has 1 saturated heterocycles. The molecule has 21 heavy (non-hydrogen) atoms. The van der Waals surface area contributed by atoms with Crippen LogP contribution >= 0.6 is 24.0 Å². The van der Waals surface area contributed by atoms with Crippen molar-refractivity contribution in [1.29, 1.82) is 0 Å². The summed E-state index contributed by atoms with van der Waals surface area (Å²) in [6.07, 6.45) is 6.67. The molecule has 1 N–H and O–H groups in total. The molecule has 124 valence electrons.